The Morgan fingerprint density at radius 2 is 1.73 bits per heavy atom. The normalized spacial score (nSPS) is 12.3. The molecule has 0 radical (unpaired) electrons. The van der Waals surface area contributed by atoms with Crippen LogP contribution < -0.4 is 10.1 Å². The Morgan fingerprint density at radius 1 is 1.08 bits per heavy atom. The Bertz CT molecular complexity index is 690. The molecule has 0 bridgehead atoms. The number of amides is 1. The molecule has 1 unspecified atom stereocenters. The van der Waals surface area contributed by atoms with Crippen LogP contribution in [-0.4, -0.2) is 24.2 Å². The van der Waals surface area contributed by atoms with Crippen molar-refractivity contribution in [1.82, 2.24) is 5.32 Å². The number of carbonyl (C=O) groups is 1. The molecule has 0 aliphatic carbocycles. The van der Waals surface area contributed by atoms with E-state index in [-0.39, 0.29) is 25.4 Å². The molecule has 0 heterocycles. The van der Waals surface area contributed by atoms with Crippen molar-refractivity contribution >= 4 is 6.09 Å². The predicted molar refractivity (Wildman–Crippen MR) is 87.3 cm³/mol. The Morgan fingerprint density at radius 3 is 2.31 bits per heavy atom. The summed E-state index contributed by atoms with van der Waals surface area (Å²) in [6, 6.07) is 13.5. The van der Waals surface area contributed by atoms with Crippen LogP contribution in [0.25, 0.3) is 0 Å². The molecule has 0 aliphatic rings. The third kappa shape index (κ3) is 6.64. The number of alkyl halides is 3. The van der Waals surface area contributed by atoms with Crippen molar-refractivity contribution in [1.29, 1.82) is 0 Å². The first-order valence-electron chi connectivity index (χ1n) is 7.81. The molecule has 1 atom stereocenters. The zero-order chi connectivity index (χ0) is 19.0. The molecule has 0 fully saturated rings. The molecular formula is C18H18F3NO4. The van der Waals surface area contributed by atoms with Gasteiger partial charge < -0.3 is 19.9 Å². The number of hydrogen-bond donors (Lipinski definition) is 2. The van der Waals surface area contributed by atoms with E-state index < -0.39 is 18.5 Å². The van der Waals surface area contributed by atoms with Crippen LogP contribution in [0.4, 0.5) is 18.0 Å². The lowest BCUT2D eigenvalue weighted by atomic mass is 10.0. The van der Waals surface area contributed by atoms with Gasteiger partial charge in [-0.25, -0.2) is 4.79 Å². The molecule has 2 N–H and O–H groups in total. The van der Waals surface area contributed by atoms with Gasteiger partial charge in [0, 0.05) is 6.61 Å². The summed E-state index contributed by atoms with van der Waals surface area (Å²) in [5.74, 6) is -0.365. The van der Waals surface area contributed by atoms with E-state index in [0.29, 0.717) is 5.56 Å². The quantitative estimate of drug-likeness (QED) is 0.776. The Kier molecular flexibility index (Phi) is 6.85. The summed E-state index contributed by atoms with van der Waals surface area (Å²) >= 11 is 0. The van der Waals surface area contributed by atoms with Crippen molar-refractivity contribution < 1.29 is 32.5 Å². The number of rotatable bonds is 7. The second-order valence-corrected chi connectivity index (χ2v) is 5.39. The molecule has 2 rings (SSSR count). The highest BCUT2D eigenvalue weighted by molar-refractivity contribution is 5.68. The van der Waals surface area contributed by atoms with Crippen LogP contribution in [0.3, 0.4) is 0 Å². The fraction of sp³-hybridized carbons (Fsp3) is 0.278. The van der Waals surface area contributed by atoms with Gasteiger partial charge in [-0.3, -0.25) is 0 Å². The average Bonchev–Trinajstić information content (AvgIpc) is 2.60. The number of aliphatic hydroxyl groups is 1. The van der Waals surface area contributed by atoms with Gasteiger partial charge in [-0.1, -0.05) is 42.5 Å². The predicted octanol–water partition coefficient (Wildman–Crippen LogP) is 3.94. The smallest absolute Gasteiger partial charge is 0.445 e. The number of aliphatic hydroxyl groups excluding tert-OH is 1. The number of halogens is 3. The molecule has 0 saturated carbocycles. The SMILES string of the molecule is O=C(NC(CCO)c1ccc(OC(F)(F)F)cc1)OCc1ccccc1. The monoisotopic (exact) mass is 369 g/mol. The van der Waals surface area contributed by atoms with Gasteiger partial charge in [-0.2, -0.15) is 0 Å². The van der Waals surface area contributed by atoms with Crippen LogP contribution in [0.5, 0.6) is 5.75 Å². The van der Waals surface area contributed by atoms with Crippen molar-refractivity contribution in [3.8, 4) is 5.75 Å². The van der Waals surface area contributed by atoms with Crippen LogP contribution in [0.1, 0.15) is 23.6 Å². The highest BCUT2D eigenvalue weighted by Crippen LogP contribution is 2.25. The fourth-order valence-corrected chi connectivity index (χ4v) is 2.26. The van der Waals surface area contributed by atoms with Gasteiger partial charge in [0.15, 0.2) is 0 Å². The Hall–Kier alpha value is -2.74. The van der Waals surface area contributed by atoms with Crippen LogP contribution in [0, 0.1) is 0 Å². The highest BCUT2D eigenvalue weighted by atomic mass is 19.4. The zero-order valence-electron chi connectivity index (χ0n) is 13.7. The van der Waals surface area contributed by atoms with Crippen LogP contribution in [-0.2, 0) is 11.3 Å². The van der Waals surface area contributed by atoms with Crippen LogP contribution in [0.15, 0.2) is 54.6 Å². The fourth-order valence-electron chi connectivity index (χ4n) is 2.26. The number of carbonyl (C=O) groups excluding carboxylic acids is 1. The summed E-state index contributed by atoms with van der Waals surface area (Å²) in [5.41, 5.74) is 1.33. The minimum absolute atomic E-state index is 0.0802. The molecule has 2 aromatic rings. The van der Waals surface area contributed by atoms with Crippen molar-refractivity contribution in [2.45, 2.75) is 25.4 Å². The van der Waals surface area contributed by atoms with Gasteiger partial charge in [0.1, 0.15) is 12.4 Å². The zero-order valence-corrected chi connectivity index (χ0v) is 13.7. The first-order valence-corrected chi connectivity index (χ1v) is 7.81. The number of benzene rings is 2. The Labute approximate surface area is 148 Å². The van der Waals surface area contributed by atoms with Gasteiger partial charge in [-0.15, -0.1) is 13.2 Å². The second-order valence-electron chi connectivity index (χ2n) is 5.39. The van der Waals surface area contributed by atoms with E-state index in [0.717, 1.165) is 17.7 Å². The third-order valence-corrected chi connectivity index (χ3v) is 3.44. The van der Waals surface area contributed by atoms with Gasteiger partial charge in [0.2, 0.25) is 0 Å². The second kappa shape index (κ2) is 9.10. The number of nitrogens with one attached hydrogen (secondary N) is 1. The molecular weight excluding hydrogens is 351 g/mol. The first-order chi connectivity index (χ1) is 12.4. The molecule has 0 aliphatic heterocycles. The number of alkyl carbamates (subject to hydrolysis) is 1. The lowest BCUT2D eigenvalue weighted by Crippen LogP contribution is -2.29. The van der Waals surface area contributed by atoms with Crippen molar-refractivity contribution in [3.63, 3.8) is 0 Å². The number of ether oxygens (including phenoxy) is 2. The van der Waals surface area contributed by atoms with Crippen molar-refractivity contribution in [2.24, 2.45) is 0 Å². The van der Waals surface area contributed by atoms with E-state index in [1.807, 2.05) is 18.2 Å². The molecule has 8 heteroatoms. The maximum atomic E-state index is 12.2. The molecule has 5 nitrogen and oxygen atoms in total. The first kappa shape index (κ1) is 19.6. The minimum atomic E-state index is -4.77. The highest BCUT2D eigenvalue weighted by Gasteiger charge is 2.31. The van der Waals surface area contributed by atoms with Gasteiger partial charge in [0.05, 0.1) is 6.04 Å². The molecule has 140 valence electrons. The van der Waals surface area contributed by atoms with E-state index in [9.17, 15) is 18.0 Å². The van der Waals surface area contributed by atoms with E-state index in [4.69, 9.17) is 9.84 Å². The Balaban J connectivity index is 1.95. The molecule has 2 aromatic carbocycles. The molecule has 0 aromatic heterocycles. The van der Waals surface area contributed by atoms with Crippen LogP contribution >= 0.6 is 0 Å². The number of hydrogen-bond acceptors (Lipinski definition) is 4. The third-order valence-electron chi connectivity index (χ3n) is 3.44. The molecule has 26 heavy (non-hydrogen) atoms. The molecule has 0 saturated heterocycles. The average molecular weight is 369 g/mol. The van der Waals surface area contributed by atoms with E-state index in [2.05, 4.69) is 10.1 Å². The molecule has 0 spiro atoms. The maximum Gasteiger partial charge on any atom is 0.573 e. The largest absolute Gasteiger partial charge is 0.573 e. The van der Waals surface area contributed by atoms with Gasteiger partial charge in [-0.05, 0) is 29.7 Å². The van der Waals surface area contributed by atoms with E-state index >= 15 is 0 Å². The maximum absolute atomic E-state index is 12.2. The summed E-state index contributed by atoms with van der Waals surface area (Å²) in [6.45, 7) is -0.138. The van der Waals surface area contributed by atoms with Gasteiger partial charge in [0.25, 0.3) is 0 Å². The summed E-state index contributed by atoms with van der Waals surface area (Å²) in [4.78, 5) is 11.9. The van der Waals surface area contributed by atoms with Crippen molar-refractivity contribution in [3.05, 3.63) is 65.7 Å². The van der Waals surface area contributed by atoms with E-state index in [1.165, 1.54) is 12.1 Å². The van der Waals surface area contributed by atoms with Crippen LogP contribution in [0.2, 0.25) is 0 Å². The summed E-state index contributed by atoms with van der Waals surface area (Å²) in [7, 11) is 0. The van der Waals surface area contributed by atoms with Crippen molar-refractivity contribution in [2.75, 3.05) is 6.61 Å². The standard InChI is InChI=1S/C18H18F3NO4/c19-18(20,21)26-15-8-6-14(7-9-15)16(10-11-23)22-17(24)25-12-13-4-2-1-3-5-13/h1-9,16,23H,10-12H2,(H,22,24). The summed E-state index contributed by atoms with van der Waals surface area (Å²) in [6.07, 6.45) is -5.28. The summed E-state index contributed by atoms with van der Waals surface area (Å²) in [5, 5.41) is 11.7. The van der Waals surface area contributed by atoms with Gasteiger partial charge >= 0.3 is 12.5 Å². The lowest BCUT2D eigenvalue weighted by Gasteiger charge is -2.19. The molecule has 1 amide bonds. The van der Waals surface area contributed by atoms with E-state index in [1.54, 1.807) is 12.1 Å². The summed E-state index contributed by atoms with van der Waals surface area (Å²) < 4.78 is 45.5. The topological polar surface area (TPSA) is 67.8 Å². The minimum Gasteiger partial charge on any atom is -0.445 e. The lowest BCUT2D eigenvalue weighted by molar-refractivity contribution is -0.274.